The molecule has 0 radical (unpaired) electrons. The molecular weight excluding hydrogens is 231 g/mol. The van der Waals surface area contributed by atoms with Crippen molar-refractivity contribution in [1.29, 1.82) is 0 Å². The summed E-state index contributed by atoms with van der Waals surface area (Å²) >= 11 is 0. The minimum atomic E-state index is -1.10. The van der Waals surface area contributed by atoms with Crippen LogP contribution in [0, 0.1) is 13.8 Å². The van der Waals surface area contributed by atoms with E-state index >= 15 is 0 Å². The van der Waals surface area contributed by atoms with Crippen LogP contribution in [0.2, 0.25) is 0 Å². The van der Waals surface area contributed by atoms with E-state index in [1.54, 1.807) is 6.07 Å². The number of aryl methyl sites for hydroxylation is 2. The zero-order chi connectivity index (χ0) is 12.9. The number of carbonyl (C=O) groups is 1. The third-order valence-corrected chi connectivity index (χ3v) is 3.60. The van der Waals surface area contributed by atoms with E-state index in [1.165, 1.54) is 16.7 Å². The molecule has 3 heteroatoms. The van der Waals surface area contributed by atoms with Crippen LogP contribution < -0.4 is 24.0 Å². The molecule has 2 nitrogen and oxygen atoms in total. The average Bonchev–Trinajstić information content (AvgIpc) is 2.63. The first kappa shape index (κ1) is 13.9. The van der Waals surface area contributed by atoms with Gasteiger partial charge in [0, 0.05) is 5.56 Å². The van der Waals surface area contributed by atoms with Crippen molar-refractivity contribution in [1.82, 2.24) is 0 Å². The second-order valence-corrected chi connectivity index (χ2v) is 4.95. The number of carboxylic acids is 1. The van der Waals surface area contributed by atoms with Crippen molar-refractivity contribution in [2.24, 2.45) is 0 Å². The summed E-state index contributed by atoms with van der Waals surface area (Å²) in [5.74, 6) is -1.10. The second kappa shape index (κ2) is 4.88. The first-order chi connectivity index (χ1) is 8.56. The monoisotopic (exact) mass is 244 g/mol. The van der Waals surface area contributed by atoms with E-state index in [1.807, 2.05) is 13.0 Å². The minimum Gasteiger partial charge on any atom is -0.545 e. The molecule has 3 rings (SSSR count). The van der Waals surface area contributed by atoms with E-state index in [-0.39, 0.29) is 18.9 Å². The molecule has 0 unspecified atom stereocenters. The van der Waals surface area contributed by atoms with Crippen LogP contribution >= 0.6 is 0 Å². The smallest absolute Gasteiger partial charge is 0.545 e. The van der Waals surface area contributed by atoms with Crippen molar-refractivity contribution < 1.29 is 28.8 Å². The van der Waals surface area contributed by atoms with Gasteiger partial charge in [-0.3, -0.25) is 0 Å². The van der Waals surface area contributed by atoms with Gasteiger partial charge in [-0.05, 0) is 54.2 Å². The fourth-order valence-electron chi connectivity index (χ4n) is 2.72. The molecule has 0 heterocycles. The topological polar surface area (TPSA) is 40.1 Å². The third kappa shape index (κ3) is 2.23. The molecule has 19 heavy (non-hydrogen) atoms. The summed E-state index contributed by atoms with van der Waals surface area (Å²) in [7, 11) is 0. The Labute approximate surface area is 124 Å². The number of aromatic carboxylic acids is 1. The maximum absolute atomic E-state index is 11.1. The van der Waals surface area contributed by atoms with Crippen LogP contribution in [0.4, 0.5) is 0 Å². The number of benzene rings is 2. The number of carbonyl (C=O) groups excluding carboxylic acids is 1. The Hall–Kier alpha value is -1.49. The Balaban J connectivity index is 0.00000133. The van der Waals surface area contributed by atoms with Crippen LogP contribution in [-0.4, -0.2) is 5.97 Å². The van der Waals surface area contributed by atoms with E-state index in [4.69, 9.17) is 0 Å². The summed E-state index contributed by atoms with van der Waals surface area (Å²) in [5, 5.41) is 11.1. The Morgan fingerprint density at radius 2 is 1.74 bits per heavy atom. The van der Waals surface area contributed by atoms with Gasteiger partial charge in [-0.1, -0.05) is 29.8 Å². The molecular formula is C16H13LiO2. The molecule has 0 amide bonds. The van der Waals surface area contributed by atoms with Crippen molar-refractivity contribution in [3.8, 4) is 11.1 Å². The minimum absolute atomic E-state index is 0. The van der Waals surface area contributed by atoms with E-state index in [9.17, 15) is 9.90 Å². The predicted molar refractivity (Wildman–Crippen MR) is 68.5 cm³/mol. The Bertz CT molecular complexity index is 675. The zero-order valence-corrected chi connectivity index (χ0v) is 11.4. The molecule has 0 saturated heterocycles. The van der Waals surface area contributed by atoms with Gasteiger partial charge >= 0.3 is 18.9 Å². The Morgan fingerprint density at radius 1 is 1.05 bits per heavy atom. The van der Waals surface area contributed by atoms with Crippen molar-refractivity contribution in [2.75, 3.05) is 0 Å². The molecule has 0 saturated carbocycles. The first-order valence-electron chi connectivity index (χ1n) is 6.01. The maximum Gasteiger partial charge on any atom is 1.00 e. The van der Waals surface area contributed by atoms with Gasteiger partial charge in [0.25, 0.3) is 0 Å². The standard InChI is InChI=1S/C16H14O2.Li/c1-9-3-4-13-11(5-9)7-12-6-10(2)14(16(17)18)8-15(12)13;/h3-6,8H,7H2,1-2H3,(H,17,18);/q;+1/p-1. The molecule has 90 valence electrons. The van der Waals surface area contributed by atoms with E-state index in [0.29, 0.717) is 5.56 Å². The van der Waals surface area contributed by atoms with Crippen LogP contribution in [0.25, 0.3) is 11.1 Å². The quantitative estimate of drug-likeness (QED) is 0.528. The molecule has 1 aliphatic carbocycles. The number of rotatable bonds is 1. The van der Waals surface area contributed by atoms with Gasteiger partial charge in [0.2, 0.25) is 0 Å². The molecule has 0 fully saturated rings. The van der Waals surface area contributed by atoms with Crippen LogP contribution in [0.15, 0.2) is 30.3 Å². The van der Waals surface area contributed by atoms with Gasteiger partial charge in [-0.15, -0.1) is 0 Å². The number of hydrogen-bond donors (Lipinski definition) is 0. The van der Waals surface area contributed by atoms with Gasteiger partial charge in [0.1, 0.15) is 0 Å². The molecule has 0 bridgehead atoms. The normalized spacial score (nSPS) is 11.5. The largest absolute Gasteiger partial charge is 1.00 e. The summed E-state index contributed by atoms with van der Waals surface area (Å²) < 4.78 is 0. The zero-order valence-electron chi connectivity index (χ0n) is 11.4. The van der Waals surface area contributed by atoms with Crippen molar-refractivity contribution >= 4 is 5.97 Å². The van der Waals surface area contributed by atoms with Gasteiger partial charge in [0.15, 0.2) is 0 Å². The molecule has 0 N–H and O–H groups in total. The van der Waals surface area contributed by atoms with Crippen LogP contribution in [-0.2, 0) is 6.42 Å². The molecule has 2 aromatic carbocycles. The molecule has 2 aromatic rings. The molecule has 0 spiro atoms. The molecule has 0 aromatic heterocycles. The van der Waals surface area contributed by atoms with Gasteiger partial charge < -0.3 is 9.90 Å². The Morgan fingerprint density at radius 3 is 2.42 bits per heavy atom. The molecule has 1 aliphatic rings. The SMILES string of the molecule is Cc1ccc2c(c1)Cc1cc(C)c(C(=O)[O-])cc1-2.[Li+]. The van der Waals surface area contributed by atoms with Gasteiger partial charge in [0.05, 0.1) is 5.97 Å². The summed E-state index contributed by atoms with van der Waals surface area (Å²) in [5.41, 5.74) is 6.98. The Kier molecular flexibility index (Phi) is 3.58. The summed E-state index contributed by atoms with van der Waals surface area (Å²) in [6, 6.07) is 10.0. The summed E-state index contributed by atoms with van der Waals surface area (Å²) in [6.45, 7) is 3.89. The maximum atomic E-state index is 11.1. The second-order valence-electron chi connectivity index (χ2n) is 4.95. The van der Waals surface area contributed by atoms with Crippen molar-refractivity contribution in [2.45, 2.75) is 20.3 Å². The number of hydrogen-bond acceptors (Lipinski definition) is 2. The van der Waals surface area contributed by atoms with E-state index < -0.39 is 5.97 Å². The van der Waals surface area contributed by atoms with Crippen LogP contribution in [0.5, 0.6) is 0 Å². The number of carboxylic acid groups (broad SMARTS) is 1. The van der Waals surface area contributed by atoms with Crippen LogP contribution in [0.1, 0.15) is 32.6 Å². The summed E-state index contributed by atoms with van der Waals surface area (Å²) in [4.78, 5) is 11.1. The van der Waals surface area contributed by atoms with E-state index in [0.717, 1.165) is 23.1 Å². The fourth-order valence-corrected chi connectivity index (χ4v) is 2.72. The first-order valence-corrected chi connectivity index (χ1v) is 6.01. The van der Waals surface area contributed by atoms with E-state index in [2.05, 4.69) is 25.1 Å². The molecule has 0 aliphatic heterocycles. The predicted octanol–water partition coefficient (Wildman–Crippen LogP) is -0.758. The number of fused-ring (bicyclic) bond motifs is 3. The fraction of sp³-hybridized carbons (Fsp3) is 0.188. The van der Waals surface area contributed by atoms with Crippen molar-refractivity contribution in [3.05, 3.63) is 58.1 Å². The molecule has 0 atom stereocenters. The van der Waals surface area contributed by atoms with Crippen molar-refractivity contribution in [3.63, 3.8) is 0 Å². The third-order valence-electron chi connectivity index (χ3n) is 3.60. The summed E-state index contributed by atoms with van der Waals surface area (Å²) in [6.07, 6.45) is 0.889. The van der Waals surface area contributed by atoms with Gasteiger partial charge in [-0.25, -0.2) is 0 Å². The average molecular weight is 244 g/mol. The van der Waals surface area contributed by atoms with Gasteiger partial charge in [-0.2, -0.15) is 0 Å². The van der Waals surface area contributed by atoms with Crippen LogP contribution in [0.3, 0.4) is 0 Å².